The normalized spacial score (nSPS) is 20.0. The third kappa shape index (κ3) is 3.58. The Kier molecular flexibility index (Phi) is 5.31. The van der Waals surface area contributed by atoms with Crippen LogP contribution in [0.1, 0.15) is 62.6 Å². The molecule has 0 saturated carbocycles. The zero-order valence-corrected chi connectivity index (χ0v) is 16.7. The van der Waals surface area contributed by atoms with Crippen LogP contribution in [0.2, 0.25) is 0 Å². The third-order valence-electron chi connectivity index (χ3n) is 5.21. The Hall–Kier alpha value is -2.46. The first-order valence-electron chi connectivity index (χ1n) is 9.47. The van der Waals surface area contributed by atoms with Gasteiger partial charge in [-0.15, -0.1) is 11.3 Å². The number of hydrogen-bond donors (Lipinski definition) is 2. The molecule has 2 bridgehead atoms. The second-order valence-electron chi connectivity index (χ2n) is 7.15. The molecule has 1 aromatic carbocycles. The number of halogens is 4. The predicted molar refractivity (Wildman–Crippen MR) is 102 cm³/mol. The molecule has 2 N–H and O–H groups in total. The van der Waals surface area contributed by atoms with Crippen LogP contribution in [0, 0.1) is 5.82 Å². The molecule has 3 heterocycles. The molecule has 2 amide bonds. The van der Waals surface area contributed by atoms with E-state index >= 15 is 0 Å². The van der Waals surface area contributed by atoms with Crippen LogP contribution in [0.25, 0.3) is 0 Å². The van der Waals surface area contributed by atoms with E-state index in [1.807, 2.05) is 0 Å². The van der Waals surface area contributed by atoms with Crippen LogP contribution >= 0.6 is 11.3 Å². The highest BCUT2D eigenvalue weighted by Crippen LogP contribution is 2.49. The fourth-order valence-corrected chi connectivity index (χ4v) is 5.25. The molecular weight excluding hydrogens is 424 g/mol. The summed E-state index contributed by atoms with van der Waals surface area (Å²) in [6.45, 7) is 2.07. The van der Waals surface area contributed by atoms with Crippen molar-refractivity contribution in [2.75, 3.05) is 11.9 Å². The molecule has 2 unspecified atom stereocenters. The molecular formula is C20H18F4N2O3S. The van der Waals surface area contributed by atoms with Crippen molar-refractivity contribution in [1.29, 1.82) is 0 Å². The number of thiophene rings is 1. The fourth-order valence-electron chi connectivity index (χ4n) is 3.96. The van der Waals surface area contributed by atoms with Crippen molar-refractivity contribution in [3.8, 4) is 0 Å². The third-order valence-corrected chi connectivity index (χ3v) is 6.45. The van der Waals surface area contributed by atoms with E-state index in [4.69, 9.17) is 4.74 Å². The molecule has 0 spiro atoms. The van der Waals surface area contributed by atoms with Crippen molar-refractivity contribution in [2.24, 2.45) is 0 Å². The van der Waals surface area contributed by atoms with Crippen molar-refractivity contribution < 1.29 is 31.9 Å². The highest BCUT2D eigenvalue weighted by molar-refractivity contribution is 7.17. The Morgan fingerprint density at radius 3 is 2.67 bits per heavy atom. The SMILES string of the molecule is CCNC(=O)c1c(NC(=O)c2c(F)cccc2C(F)(F)F)sc2c1CC1CCC2O1. The maximum atomic E-state index is 14.2. The number of alkyl halides is 3. The molecule has 2 aliphatic rings. The Labute approximate surface area is 173 Å². The van der Waals surface area contributed by atoms with Gasteiger partial charge in [-0.1, -0.05) is 6.07 Å². The van der Waals surface area contributed by atoms with Crippen molar-refractivity contribution in [3.63, 3.8) is 0 Å². The zero-order valence-electron chi connectivity index (χ0n) is 15.9. The van der Waals surface area contributed by atoms with Crippen LogP contribution in [-0.4, -0.2) is 24.5 Å². The summed E-state index contributed by atoms with van der Waals surface area (Å²) in [4.78, 5) is 26.2. The molecule has 5 nitrogen and oxygen atoms in total. The second-order valence-corrected chi connectivity index (χ2v) is 8.20. The standard InChI is InChI=1S/C20H18F4N2O3S/c1-2-25-17(27)14-10-8-9-6-7-13(29-9)16(10)30-19(14)26-18(28)15-11(20(22,23)24)4-3-5-12(15)21/h3-5,9,13H,2,6-8H2,1H3,(H,25,27)(H,26,28). The van der Waals surface area contributed by atoms with E-state index < -0.39 is 34.9 Å². The van der Waals surface area contributed by atoms with Gasteiger partial charge < -0.3 is 15.4 Å². The summed E-state index contributed by atoms with van der Waals surface area (Å²) in [5.74, 6) is -2.97. The lowest BCUT2D eigenvalue weighted by molar-refractivity contribution is -0.138. The quantitative estimate of drug-likeness (QED) is 0.676. The summed E-state index contributed by atoms with van der Waals surface area (Å²) in [6, 6.07) is 2.34. The number of rotatable bonds is 4. The number of carbonyl (C=O) groups is 2. The lowest BCUT2D eigenvalue weighted by Crippen LogP contribution is -2.27. The van der Waals surface area contributed by atoms with Gasteiger partial charge in [-0.05, 0) is 37.5 Å². The van der Waals surface area contributed by atoms with Crippen LogP contribution in [0.5, 0.6) is 0 Å². The van der Waals surface area contributed by atoms with E-state index in [0.717, 1.165) is 46.8 Å². The van der Waals surface area contributed by atoms with Gasteiger partial charge in [0.2, 0.25) is 0 Å². The van der Waals surface area contributed by atoms with Gasteiger partial charge in [0.1, 0.15) is 10.8 Å². The van der Waals surface area contributed by atoms with E-state index in [2.05, 4.69) is 10.6 Å². The number of hydrogen-bond acceptors (Lipinski definition) is 4. The van der Waals surface area contributed by atoms with Gasteiger partial charge in [0, 0.05) is 17.8 Å². The summed E-state index contributed by atoms with van der Waals surface area (Å²) in [5.41, 5.74) is -1.51. The van der Waals surface area contributed by atoms with E-state index in [-0.39, 0.29) is 22.8 Å². The molecule has 0 aliphatic carbocycles. The number of carbonyl (C=O) groups excluding carboxylic acids is 2. The van der Waals surface area contributed by atoms with Gasteiger partial charge in [-0.3, -0.25) is 9.59 Å². The smallest absolute Gasteiger partial charge is 0.369 e. The van der Waals surface area contributed by atoms with Crippen LogP contribution in [0.15, 0.2) is 18.2 Å². The first kappa shape index (κ1) is 20.8. The molecule has 2 atom stereocenters. The van der Waals surface area contributed by atoms with Crippen LogP contribution in [-0.2, 0) is 17.3 Å². The van der Waals surface area contributed by atoms with Gasteiger partial charge in [-0.2, -0.15) is 13.2 Å². The molecule has 160 valence electrons. The van der Waals surface area contributed by atoms with E-state index in [0.29, 0.717) is 19.0 Å². The van der Waals surface area contributed by atoms with Crippen LogP contribution in [0.4, 0.5) is 22.6 Å². The lowest BCUT2D eigenvalue weighted by atomic mass is 10.0. The largest absolute Gasteiger partial charge is 0.417 e. The highest BCUT2D eigenvalue weighted by Gasteiger charge is 2.40. The predicted octanol–water partition coefficient (Wildman–Crippen LogP) is 4.68. The fraction of sp³-hybridized carbons (Fsp3) is 0.400. The topological polar surface area (TPSA) is 67.4 Å². The Morgan fingerprint density at radius 1 is 1.20 bits per heavy atom. The van der Waals surface area contributed by atoms with Crippen LogP contribution in [0.3, 0.4) is 0 Å². The minimum Gasteiger partial charge on any atom is -0.369 e. The maximum absolute atomic E-state index is 14.2. The van der Waals surface area contributed by atoms with Gasteiger partial charge in [-0.25, -0.2) is 4.39 Å². The minimum atomic E-state index is -4.90. The zero-order chi connectivity index (χ0) is 21.6. The molecule has 1 saturated heterocycles. The molecule has 4 rings (SSSR count). The Balaban J connectivity index is 1.75. The number of ether oxygens (including phenoxy) is 1. The first-order valence-corrected chi connectivity index (χ1v) is 10.3. The summed E-state index contributed by atoms with van der Waals surface area (Å²) < 4.78 is 60.0. The van der Waals surface area contributed by atoms with Crippen LogP contribution < -0.4 is 10.6 Å². The van der Waals surface area contributed by atoms with Crippen molar-refractivity contribution in [2.45, 2.75) is 44.6 Å². The molecule has 1 fully saturated rings. The van der Waals surface area contributed by atoms with Crippen molar-refractivity contribution in [3.05, 3.63) is 51.1 Å². The minimum absolute atomic E-state index is 0.0303. The van der Waals surface area contributed by atoms with E-state index in [9.17, 15) is 27.2 Å². The number of anilines is 1. The van der Waals surface area contributed by atoms with E-state index in [1.165, 1.54) is 0 Å². The molecule has 30 heavy (non-hydrogen) atoms. The average Bonchev–Trinajstić information content (AvgIpc) is 3.23. The van der Waals surface area contributed by atoms with Crippen molar-refractivity contribution >= 4 is 28.2 Å². The summed E-state index contributed by atoms with van der Waals surface area (Å²) >= 11 is 1.10. The van der Waals surface area contributed by atoms with Crippen molar-refractivity contribution in [1.82, 2.24) is 5.32 Å². The summed E-state index contributed by atoms with van der Waals surface area (Å²) in [6.07, 6.45) is -3.03. The van der Waals surface area contributed by atoms with E-state index in [1.54, 1.807) is 6.92 Å². The van der Waals surface area contributed by atoms with Gasteiger partial charge in [0.25, 0.3) is 11.8 Å². The molecule has 0 radical (unpaired) electrons. The monoisotopic (exact) mass is 442 g/mol. The molecule has 10 heteroatoms. The Bertz CT molecular complexity index is 1020. The van der Waals surface area contributed by atoms with Gasteiger partial charge >= 0.3 is 6.18 Å². The molecule has 2 aliphatic heterocycles. The maximum Gasteiger partial charge on any atom is 0.417 e. The lowest BCUT2D eigenvalue weighted by Gasteiger charge is -2.21. The Morgan fingerprint density at radius 2 is 1.97 bits per heavy atom. The second kappa shape index (κ2) is 7.66. The summed E-state index contributed by atoms with van der Waals surface area (Å²) in [7, 11) is 0. The average molecular weight is 442 g/mol. The number of benzene rings is 1. The highest BCUT2D eigenvalue weighted by atomic mass is 32.1. The summed E-state index contributed by atoms with van der Waals surface area (Å²) in [5, 5.41) is 5.13. The number of fused-ring (bicyclic) bond motifs is 4. The van der Waals surface area contributed by atoms with Gasteiger partial charge in [0.05, 0.1) is 28.9 Å². The number of nitrogens with one attached hydrogen (secondary N) is 2. The first-order chi connectivity index (χ1) is 14.2. The molecule has 2 aromatic rings. The molecule has 1 aromatic heterocycles. The number of amides is 2. The van der Waals surface area contributed by atoms with Gasteiger partial charge in [0.15, 0.2) is 0 Å².